The molecule has 0 fully saturated rings. The summed E-state index contributed by atoms with van der Waals surface area (Å²) in [6, 6.07) is 4.47. The van der Waals surface area contributed by atoms with Crippen molar-refractivity contribution in [1.29, 1.82) is 0 Å². The van der Waals surface area contributed by atoms with Crippen molar-refractivity contribution in [2.75, 3.05) is 0 Å². The molecule has 1 atom stereocenters. The number of nitrogens with two attached hydrogens (primary N) is 1. The van der Waals surface area contributed by atoms with Crippen molar-refractivity contribution in [1.82, 2.24) is 0 Å². The number of rotatable bonds is 1. The third-order valence-corrected chi connectivity index (χ3v) is 2.74. The van der Waals surface area contributed by atoms with Gasteiger partial charge in [-0.2, -0.15) is 0 Å². The molecule has 0 spiro atoms. The summed E-state index contributed by atoms with van der Waals surface area (Å²) in [4.78, 5) is 0. The van der Waals surface area contributed by atoms with Crippen LogP contribution < -0.4 is 10.5 Å². The van der Waals surface area contributed by atoms with Crippen molar-refractivity contribution in [2.24, 2.45) is 5.73 Å². The monoisotopic (exact) mass is 267 g/mol. The van der Waals surface area contributed by atoms with Gasteiger partial charge >= 0.3 is 6.36 Å². The second-order valence-electron chi connectivity index (χ2n) is 3.87. The van der Waals surface area contributed by atoms with Crippen molar-refractivity contribution in [3.8, 4) is 5.75 Å². The molecular formula is C11H13ClF3NO. The molecule has 0 saturated heterocycles. The summed E-state index contributed by atoms with van der Waals surface area (Å²) in [7, 11) is 0. The van der Waals surface area contributed by atoms with E-state index in [9.17, 15) is 13.2 Å². The first-order chi connectivity index (χ1) is 7.47. The number of alkyl halides is 3. The van der Waals surface area contributed by atoms with Crippen molar-refractivity contribution in [3.05, 3.63) is 29.3 Å². The zero-order valence-corrected chi connectivity index (χ0v) is 9.77. The lowest BCUT2D eigenvalue weighted by atomic mass is 9.88. The second-order valence-corrected chi connectivity index (χ2v) is 3.87. The molecule has 0 radical (unpaired) electrons. The first-order valence-corrected chi connectivity index (χ1v) is 5.10. The van der Waals surface area contributed by atoms with E-state index in [1.165, 1.54) is 6.07 Å². The van der Waals surface area contributed by atoms with E-state index in [-0.39, 0.29) is 24.2 Å². The van der Waals surface area contributed by atoms with Gasteiger partial charge in [0.2, 0.25) is 0 Å². The van der Waals surface area contributed by atoms with Crippen molar-refractivity contribution < 1.29 is 17.9 Å². The Morgan fingerprint density at radius 2 is 2.00 bits per heavy atom. The topological polar surface area (TPSA) is 35.2 Å². The molecule has 2 rings (SSSR count). The van der Waals surface area contributed by atoms with Crippen molar-refractivity contribution in [2.45, 2.75) is 31.7 Å². The minimum absolute atomic E-state index is 0. The van der Waals surface area contributed by atoms with E-state index < -0.39 is 6.36 Å². The van der Waals surface area contributed by atoms with Gasteiger partial charge in [-0.25, -0.2) is 0 Å². The van der Waals surface area contributed by atoms with Crippen LogP contribution in [0.1, 0.15) is 30.0 Å². The highest BCUT2D eigenvalue weighted by Gasteiger charge is 2.33. The molecule has 2 N–H and O–H groups in total. The lowest BCUT2D eigenvalue weighted by Gasteiger charge is -2.24. The smallest absolute Gasteiger partial charge is 0.405 e. The summed E-state index contributed by atoms with van der Waals surface area (Å²) >= 11 is 0. The van der Waals surface area contributed by atoms with Gasteiger partial charge in [0.1, 0.15) is 5.75 Å². The molecule has 1 aliphatic carbocycles. The van der Waals surface area contributed by atoms with Crippen LogP contribution in [0.25, 0.3) is 0 Å². The molecule has 2 nitrogen and oxygen atoms in total. The normalized spacial score (nSPS) is 19.2. The molecule has 1 aromatic rings. The van der Waals surface area contributed by atoms with Crippen LogP contribution in [0.2, 0.25) is 0 Å². The Morgan fingerprint density at radius 1 is 1.29 bits per heavy atom. The number of hydrogen-bond acceptors (Lipinski definition) is 2. The molecule has 0 bridgehead atoms. The first-order valence-electron chi connectivity index (χ1n) is 5.10. The third kappa shape index (κ3) is 3.26. The quantitative estimate of drug-likeness (QED) is 0.847. The number of hydrogen-bond donors (Lipinski definition) is 1. The number of fused-ring (bicyclic) bond motifs is 1. The van der Waals surface area contributed by atoms with E-state index in [0.717, 1.165) is 18.4 Å². The van der Waals surface area contributed by atoms with E-state index in [1.807, 2.05) is 0 Å². The molecule has 17 heavy (non-hydrogen) atoms. The lowest BCUT2D eigenvalue weighted by Crippen LogP contribution is -2.22. The van der Waals surface area contributed by atoms with E-state index in [0.29, 0.717) is 12.0 Å². The molecule has 96 valence electrons. The maximum absolute atomic E-state index is 12.2. The van der Waals surface area contributed by atoms with Crippen LogP contribution in [0.15, 0.2) is 18.2 Å². The SMILES string of the molecule is Cl.N[C@H]1CCCc2c(OC(F)(F)F)cccc21. The molecule has 6 heteroatoms. The van der Waals surface area contributed by atoms with Crippen LogP contribution in [-0.2, 0) is 6.42 Å². The molecule has 1 aliphatic rings. The van der Waals surface area contributed by atoms with E-state index in [4.69, 9.17) is 5.73 Å². The lowest BCUT2D eigenvalue weighted by molar-refractivity contribution is -0.274. The van der Waals surface area contributed by atoms with E-state index in [2.05, 4.69) is 4.74 Å². The molecule has 0 unspecified atom stereocenters. The minimum atomic E-state index is -4.64. The molecule has 1 aromatic carbocycles. The van der Waals surface area contributed by atoms with Gasteiger partial charge in [-0.15, -0.1) is 25.6 Å². The molecule has 0 amide bonds. The minimum Gasteiger partial charge on any atom is -0.405 e. The van der Waals surface area contributed by atoms with Gasteiger partial charge in [-0.3, -0.25) is 0 Å². The van der Waals surface area contributed by atoms with Crippen LogP contribution in [-0.4, -0.2) is 6.36 Å². The van der Waals surface area contributed by atoms with Gasteiger partial charge in [0.25, 0.3) is 0 Å². The summed E-state index contributed by atoms with van der Waals surface area (Å²) in [5, 5.41) is 0. The fraction of sp³-hybridized carbons (Fsp3) is 0.455. The van der Waals surface area contributed by atoms with Crippen LogP contribution in [0.3, 0.4) is 0 Å². The third-order valence-electron chi connectivity index (χ3n) is 2.74. The predicted molar refractivity (Wildman–Crippen MR) is 60.2 cm³/mol. The molecular weight excluding hydrogens is 255 g/mol. The number of benzene rings is 1. The Balaban J connectivity index is 0.00000144. The van der Waals surface area contributed by atoms with Crippen LogP contribution >= 0.6 is 12.4 Å². The summed E-state index contributed by atoms with van der Waals surface area (Å²) in [6.45, 7) is 0. The number of ether oxygens (including phenoxy) is 1. The van der Waals surface area contributed by atoms with Gasteiger partial charge in [0, 0.05) is 6.04 Å². The molecule has 0 aromatic heterocycles. The summed E-state index contributed by atoms with van der Waals surface area (Å²) in [5.74, 6) is -0.111. The Morgan fingerprint density at radius 3 is 2.65 bits per heavy atom. The fourth-order valence-corrected chi connectivity index (χ4v) is 2.07. The van der Waals surface area contributed by atoms with Crippen molar-refractivity contribution in [3.63, 3.8) is 0 Å². The molecule has 0 heterocycles. The van der Waals surface area contributed by atoms with Crippen LogP contribution in [0.5, 0.6) is 5.75 Å². The van der Waals surface area contributed by atoms with Gasteiger partial charge in [0.15, 0.2) is 0 Å². The average Bonchev–Trinajstić information content (AvgIpc) is 2.17. The molecule has 0 saturated carbocycles. The first kappa shape index (κ1) is 14.1. The Labute approximate surface area is 103 Å². The Hall–Kier alpha value is -0.940. The number of halogens is 4. The highest BCUT2D eigenvalue weighted by atomic mass is 35.5. The predicted octanol–water partition coefficient (Wildman–Crippen LogP) is 3.34. The van der Waals surface area contributed by atoms with Gasteiger partial charge in [-0.1, -0.05) is 12.1 Å². The summed E-state index contributed by atoms with van der Waals surface area (Å²) in [6.07, 6.45) is -2.44. The van der Waals surface area contributed by atoms with Gasteiger partial charge in [-0.05, 0) is 36.5 Å². The maximum atomic E-state index is 12.2. The Kier molecular flexibility index (Phi) is 4.27. The highest BCUT2D eigenvalue weighted by Crippen LogP contribution is 2.36. The zero-order chi connectivity index (χ0) is 11.8. The maximum Gasteiger partial charge on any atom is 0.573 e. The van der Waals surface area contributed by atoms with Crippen LogP contribution in [0, 0.1) is 0 Å². The largest absolute Gasteiger partial charge is 0.573 e. The van der Waals surface area contributed by atoms with E-state index >= 15 is 0 Å². The van der Waals surface area contributed by atoms with Crippen LogP contribution in [0.4, 0.5) is 13.2 Å². The Bertz CT molecular complexity index is 395. The molecule has 0 aliphatic heterocycles. The fourth-order valence-electron chi connectivity index (χ4n) is 2.07. The summed E-state index contributed by atoms with van der Waals surface area (Å²) in [5.41, 5.74) is 7.21. The van der Waals surface area contributed by atoms with Crippen molar-refractivity contribution >= 4 is 12.4 Å². The second kappa shape index (κ2) is 5.14. The van der Waals surface area contributed by atoms with E-state index in [1.54, 1.807) is 12.1 Å². The van der Waals surface area contributed by atoms with Gasteiger partial charge < -0.3 is 10.5 Å². The van der Waals surface area contributed by atoms with Gasteiger partial charge in [0.05, 0.1) is 0 Å². The average molecular weight is 268 g/mol. The standard InChI is InChI=1S/C11H12F3NO.ClH/c12-11(13,14)16-10-6-2-3-7-8(10)4-1-5-9(7)15;/h2-3,6,9H,1,4-5,15H2;1H/t9-;/m0./s1. The highest BCUT2D eigenvalue weighted by molar-refractivity contribution is 5.85. The zero-order valence-electron chi connectivity index (χ0n) is 8.96. The summed E-state index contributed by atoms with van der Waals surface area (Å²) < 4.78 is 40.5.